The summed E-state index contributed by atoms with van der Waals surface area (Å²) in [6.45, 7) is 3.21. The molecule has 1 fully saturated rings. The summed E-state index contributed by atoms with van der Waals surface area (Å²) in [4.78, 5) is 14.5. The number of nitrogens with one attached hydrogen (secondary N) is 1. The molecule has 0 bridgehead atoms. The van der Waals surface area contributed by atoms with Gasteiger partial charge in [-0.3, -0.25) is 4.79 Å². The van der Waals surface area contributed by atoms with E-state index in [4.69, 9.17) is 5.73 Å². The van der Waals surface area contributed by atoms with Gasteiger partial charge in [-0.15, -0.1) is 0 Å². The maximum Gasteiger partial charge on any atom is 0.251 e. The number of carbonyl (C=O) groups excluding carboxylic acids is 1. The van der Waals surface area contributed by atoms with E-state index in [0.717, 1.165) is 23.9 Å². The van der Waals surface area contributed by atoms with Gasteiger partial charge in [0.2, 0.25) is 0 Å². The van der Waals surface area contributed by atoms with Crippen LogP contribution in [0.1, 0.15) is 30.1 Å². The SMILES string of the molecule is CC1CC(NC(=O)c2ccc(Br)c(N)c2)CCN1C. The zero-order valence-electron chi connectivity index (χ0n) is 11.3. The molecule has 0 aliphatic carbocycles. The number of carbonyl (C=O) groups is 1. The monoisotopic (exact) mass is 325 g/mol. The Morgan fingerprint density at radius 3 is 2.89 bits per heavy atom. The molecule has 1 saturated heterocycles. The van der Waals surface area contributed by atoms with E-state index < -0.39 is 0 Å². The first-order valence-electron chi connectivity index (χ1n) is 6.53. The number of likely N-dealkylation sites (tertiary alicyclic amines) is 1. The molecule has 1 aromatic rings. The quantitative estimate of drug-likeness (QED) is 0.820. The van der Waals surface area contributed by atoms with Crippen molar-refractivity contribution in [1.29, 1.82) is 0 Å². The Labute approximate surface area is 122 Å². The Morgan fingerprint density at radius 1 is 1.53 bits per heavy atom. The Hall–Kier alpha value is -1.07. The minimum Gasteiger partial charge on any atom is -0.398 e. The standard InChI is InChI=1S/C14H20BrN3O/c1-9-7-11(5-6-18(9)2)17-14(19)10-3-4-12(15)13(16)8-10/h3-4,8-9,11H,5-7,16H2,1-2H3,(H,17,19). The van der Waals surface area contributed by atoms with Crippen molar-refractivity contribution in [3.05, 3.63) is 28.2 Å². The first kappa shape index (κ1) is 14.3. The number of nitrogens with two attached hydrogens (primary N) is 1. The number of hydrogen-bond donors (Lipinski definition) is 2. The summed E-state index contributed by atoms with van der Waals surface area (Å²) in [6, 6.07) is 6.06. The van der Waals surface area contributed by atoms with E-state index in [2.05, 4.69) is 40.1 Å². The molecule has 5 heteroatoms. The lowest BCUT2D eigenvalue weighted by molar-refractivity contribution is 0.0896. The van der Waals surface area contributed by atoms with Crippen LogP contribution in [0.25, 0.3) is 0 Å². The number of halogens is 1. The summed E-state index contributed by atoms with van der Waals surface area (Å²) in [5.41, 5.74) is 7.00. The predicted molar refractivity (Wildman–Crippen MR) is 81.1 cm³/mol. The maximum absolute atomic E-state index is 12.2. The van der Waals surface area contributed by atoms with Crippen LogP contribution in [0, 0.1) is 0 Å². The van der Waals surface area contributed by atoms with Crippen LogP contribution in [-0.4, -0.2) is 36.5 Å². The number of rotatable bonds is 2. The van der Waals surface area contributed by atoms with Gasteiger partial charge in [-0.2, -0.15) is 0 Å². The second kappa shape index (κ2) is 5.92. The minimum absolute atomic E-state index is 0.0408. The van der Waals surface area contributed by atoms with Crippen molar-refractivity contribution >= 4 is 27.5 Å². The molecule has 1 aliphatic rings. The number of piperidine rings is 1. The summed E-state index contributed by atoms with van der Waals surface area (Å²) in [5, 5.41) is 3.10. The fraction of sp³-hybridized carbons (Fsp3) is 0.500. The predicted octanol–water partition coefficient (Wildman–Crippen LogP) is 2.24. The van der Waals surface area contributed by atoms with E-state index in [0.29, 0.717) is 17.3 Å². The number of anilines is 1. The highest BCUT2D eigenvalue weighted by molar-refractivity contribution is 9.10. The van der Waals surface area contributed by atoms with Crippen molar-refractivity contribution in [2.45, 2.75) is 31.8 Å². The molecule has 1 heterocycles. The van der Waals surface area contributed by atoms with Crippen molar-refractivity contribution in [3.63, 3.8) is 0 Å². The average molecular weight is 326 g/mol. The third-order valence-corrected chi connectivity index (χ3v) is 4.52. The van der Waals surface area contributed by atoms with Crippen molar-refractivity contribution in [3.8, 4) is 0 Å². The lowest BCUT2D eigenvalue weighted by Crippen LogP contribution is -2.47. The van der Waals surface area contributed by atoms with Crippen LogP contribution in [0.3, 0.4) is 0 Å². The highest BCUT2D eigenvalue weighted by atomic mass is 79.9. The van der Waals surface area contributed by atoms with Crippen LogP contribution in [0.2, 0.25) is 0 Å². The zero-order chi connectivity index (χ0) is 14.0. The van der Waals surface area contributed by atoms with Gasteiger partial charge in [0.05, 0.1) is 0 Å². The van der Waals surface area contributed by atoms with Crippen molar-refractivity contribution in [2.75, 3.05) is 19.3 Å². The molecule has 1 aromatic carbocycles. The lowest BCUT2D eigenvalue weighted by atomic mass is 9.98. The average Bonchev–Trinajstić information content (AvgIpc) is 2.37. The number of amides is 1. The van der Waals surface area contributed by atoms with E-state index in [1.165, 1.54) is 0 Å². The molecule has 104 valence electrons. The fourth-order valence-corrected chi connectivity index (χ4v) is 2.62. The summed E-state index contributed by atoms with van der Waals surface area (Å²) in [6.07, 6.45) is 1.99. The number of nitrogen functional groups attached to an aromatic ring is 1. The highest BCUT2D eigenvalue weighted by Gasteiger charge is 2.24. The molecule has 3 N–H and O–H groups in total. The fourth-order valence-electron chi connectivity index (χ4n) is 2.37. The molecule has 0 saturated carbocycles. The van der Waals surface area contributed by atoms with Gasteiger partial charge in [-0.25, -0.2) is 0 Å². The molecule has 2 atom stereocenters. The Balaban J connectivity index is 1.99. The molecule has 1 amide bonds. The molecule has 19 heavy (non-hydrogen) atoms. The van der Waals surface area contributed by atoms with E-state index >= 15 is 0 Å². The number of benzene rings is 1. The van der Waals surface area contributed by atoms with Gasteiger partial charge in [-0.1, -0.05) is 0 Å². The van der Waals surface area contributed by atoms with Gasteiger partial charge in [-0.05, 0) is 60.9 Å². The van der Waals surface area contributed by atoms with E-state index in [1.54, 1.807) is 12.1 Å². The number of nitrogens with zero attached hydrogens (tertiary/aromatic N) is 1. The summed E-state index contributed by atoms with van der Waals surface area (Å²) < 4.78 is 0.817. The molecule has 0 radical (unpaired) electrons. The smallest absolute Gasteiger partial charge is 0.251 e. The second-order valence-electron chi connectivity index (χ2n) is 5.26. The minimum atomic E-state index is -0.0408. The van der Waals surface area contributed by atoms with Gasteiger partial charge in [0.15, 0.2) is 0 Å². The van der Waals surface area contributed by atoms with Gasteiger partial charge in [0, 0.05) is 34.4 Å². The number of hydrogen-bond acceptors (Lipinski definition) is 3. The van der Waals surface area contributed by atoms with Crippen LogP contribution in [0.4, 0.5) is 5.69 Å². The van der Waals surface area contributed by atoms with Crippen LogP contribution < -0.4 is 11.1 Å². The maximum atomic E-state index is 12.2. The Kier molecular flexibility index (Phi) is 4.47. The third kappa shape index (κ3) is 3.48. The first-order valence-corrected chi connectivity index (χ1v) is 7.33. The van der Waals surface area contributed by atoms with E-state index in [9.17, 15) is 4.79 Å². The van der Waals surface area contributed by atoms with E-state index in [1.807, 2.05) is 6.07 Å². The summed E-state index contributed by atoms with van der Waals surface area (Å²) in [7, 11) is 2.12. The van der Waals surface area contributed by atoms with Crippen LogP contribution in [0.5, 0.6) is 0 Å². The second-order valence-corrected chi connectivity index (χ2v) is 6.12. The molecule has 0 aromatic heterocycles. The van der Waals surface area contributed by atoms with Crippen LogP contribution >= 0.6 is 15.9 Å². The summed E-state index contributed by atoms with van der Waals surface area (Å²) in [5.74, 6) is -0.0408. The molecule has 2 rings (SSSR count). The van der Waals surface area contributed by atoms with Gasteiger partial charge in [0.25, 0.3) is 5.91 Å². The van der Waals surface area contributed by atoms with Crippen molar-refractivity contribution in [1.82, 2.24) is 10.2 Å². The molecule has 0 spiro atoms. The summed E-state index contributed by atoms with van der Waals surface area (Å²) >= 11 is 3.33. The molecule has 1 aliphatic heterocycles. The molecule has 2 unspecified atom stereocenters. The zero-order valence-corrected chi connectivity index (χ0v) is 12.9. The van der Waals surface area contributed by atoms with E-state index in [-0.39, 0.29) is 11.9 Å². The third-order valence-electron chi connectivity index (χ3n) is 3.80. The largest absolute Gasteiger partial charge is 0.398 e. The normalized spacial score (nSPS) is 24.2. The lowest BCUT2D eigenvalue weighted by Gasteiger charge is -2.35. The first-order chi connectivity index (χ1) is 8.97. The highest BCUT2D eigenvalue weighted by Crippen LogP contribution is 2.21. The molecular formula is C14H20BrN3O. The topological polar surface area (TPSA) is 58.4 Å². The van der Waals surface area contributed by atoms with Crippen LogP contribution in [-0.2, 0) is 0 Å². The van der Waals surface area contributed by atoms with Gasteiger partial charge < -0.3 is 16.0 Å². The Bertz CT molecular complexity index is 478. The van der Waals surface area contributed by atoms with Crippen molar-refractivity contribution in [2.24, 2.45) is 0 Å². The molecular weight excluding hydrogens is 306 g/mol. The Morgan fingerprint density at radius 2 is 2.26 bits per heavy atom. The van der Waals surface area contributed by atoms with Gasteiger partial charge >= 0.3 is 0 Å². The van der Waals surface area contributed by atoms with Crippen LogP contribution in [0.15, 0.2) is 22.7 Å². The van der Waals surface area contributed by atoms with Crippen molar-refractivity contribution < 1.29 is 4.79 Å². The molecule has 4 nitrogen and oxygen atoms in total. The van der Waals surface area contributed by atoms with Gasteiger partial charge in [0.1, 0.15) is 0 Å².